The first-order valence-electron chi connectivity index (χ1n) is 35.5. The highest BCUT2D eigenvalue weighted by Gasteiger charge is 2.53. The van der Waals surface area contributed by atoms with Gasteiger partial charge in [-0.05, 0) is 128 Å². The number of nitrogens with two attached hydrogens (primary N) is 1. The van der Waals surface area contributed by atoms with Crippen molar-refractivity contribution < 1.29 is 127 Å². The molecule has 7 heterocycles. The number of fused-ring (bicyclic) bond motifs is 15. The molecule has 604 valence electrons. The predicted octanol–water partition coefficient (Wildman–Crippen LogP) is 1.19. The number of aromatic hydroxyl groups is 3. The Morgan fingerprint density at radius 3 is 1.94 bits per heavy atom. The highest BCUT2D eigenvalue weighted by Crippen LogP contribution is 2.50. The second-order valence-electron chi connectivity index (χ2n) is 28.4. The Morgan fingerprint density at radius 2 is 1.33 bits per heavy atom. The number of rotatable bonds is 18. The molecule has 2 saturated heterocycles. The summed E-state index contributed by atoms with van der Waals surface area (Å²) in [6.45, 7) is 5.33. The number of carboxylic acid groups (broad SMARTS) is 1. The van der Waals surface area contributed by atoms with Crippen molar-refractivity contribution in [2.24, 2.45) is 11.7 Å². The third-order valence-corrected chi connectivity index (χ3v) is 20.3. The molecular weight excluding hydrogens is 1530 g/mol. The quantitative estimate of drug-likeness (QED) is 0.0575. The molecule has 0 aromatic heterocycles. The molecule has 2 fully saturated rings. The molecule has 0 radical (unpaired) electrons. The number of benzene rings is 6. The highest BCUT2D eigenvalue weighted by atomic mass is 35.5. The molecule has 13 rings (SSSR count). The van der Waals surface area contributed by atoms with Crippen LogP contribution in [0.15, 0.2) is 103 Å². The minimum Gasteiger partial charge on any atom is -0.508 e. The minimum absolute atomic E-state index is 0.118. The lowest BCUT2D eigenvalue weighted by Crippen LogP contribution is -2.66. The van der Waals surface area contributed by atoms with Crippen molar-refractivity contribution in [2.75, 3.05) is 20.2 Å². The molecule has 6 aromatic rings. The minimum atomic E-state index is -2.39. The molecule has 35 nitrogen and oxygen atoms in total. The summed E-state index contributed by atoms with van der Waals surface area (Å²) in [6.07, 6.45) is -19.9. The molecule has 8 amide bonds. The Balaban J connectivity index is 1.11. The summed E-state index contributed by atoms with van der Waals surface area (Å²) in [5.74, 6) is -17.6. The van der Waals surface area contributed by atoms with Gasteiger partial charge in [0.25, 0.3) is 0 Å². The van der Waals surface area contributed by atoms with E-state index >= 15 is 14.4 Å². The molecule has 113 heavy (non-hydrogen) atoms. The summed E-state index contributed by atoms with van der Waals surface area (Å²) < 4.78 is 52.6. The van der Waals surface area contributed by atoms with Crippen molar-refractivity contribution in [1.29, 1.82) is 0 Å². The van der Waals surface area contributed by atoms with E-state index in [9.17, 15) is 84.2 Å². The molecule has 0 unspecified atom stereocenters. The molecule has 38 heteroatoms. The van der Waals surface area contributed by atoms with E-state index in [4.69, 9.17) is 57.4 Å². The predicted molar refractivity (Wildman–Crippen MR) is 391 cm³/mol. The first-order valence-corrected chi connectivity index (χ1v) is 36.2. The monoisotopic (exact) mass is 1610 g/mol. The summed E-state index contributed by atoms with van der Waals surface area (Å²) in [5.41, 5.74) is 1.80. The van der Waals surface area contributed by atoms with Gasteiger partial charge in [-0.15, -0.1) is 0 Å². The molecule has 6 aromatic carbocycles. The summed E-state index contributed by atoms with van der Waals surface area (Å²) in [7, 11) is 1.46. The SMILES string of the molecule is CN[C@H](CC(C)C)C(=O)N[C@H]1C(=O)N[C@@H](CC(N)=O)C(=O)N[C@H]2C(=O)N[C@H]3C(=O)N[C@H](C(=O)N[C@H](C(=O)O)c4cc(O)cc(O)c4-c4cc3ccc4O)[C@H](O)c3ccc(c(Cl)c3)Oc3cc2cc(c3O[C@@H]2O[C@H](CO)[C@@H](O)[C@H](O)[C@H]2O[C@H]2C[C@](C)(NC(=O)CNCc3ccc(F)cc3)[C@H](O)[C@H](C)O2)Oc2ccc(cc2Cl)[C@H]1O. The van der Waals surface area contributed by atoms with Gasteiger partial charge in [-0.2, -0.15) is 0 Å². The summed E-state index contributed by atoms with van der Waals surface area (Å²) in [6, 6.07) is 4.39. The number of carboxylic acids is 1. The first kappa shape index (κ1) is 83.4. The number of aliphatic carboxylic acids is 1. The molecule has 11 bridgehead atoms. The first-order chi connectivity index (χ1) is 53.5. The maximum atomic E-state index is 16.2. The lowest BCUT2D eigenvalue weighted by Gasteiger charge is -2.48. The van der Waals surface area contributed by atoms with Crippen LogP contribution in [0.2, 0.25) is 10.0 Å². The van der Waals surface area contributed by atoms with E-state index in [1.165, 1.54) is 57.3 Å². The number of primary amides is 1. The molecule has 7 aliphatic heterocycles. The number of carbonyl (C=O) groups excluding carboxylic acids is 8. The Kier molecular flexibility index (Phi) is 25.7. The average molecular weight is 1610 g/mol. The number of phenols is 3. The third kappa shape index (κ3) is 18.6. The van der Waals surface area contributed by atoms with Crippen molar-refractivity contribution in [2.45, 2.75) is 163 Å². The number of phenolic OH excluding ortho intramolecular Hbond substituents is 3. The molecular formula is C75H83Cl2FN10O25. The number of aliphatic hydroxyl groups is 6. The standard InChI is InChI=1S/C75H83Cl2FN10O25/c1-29(2)16-42(80-5)67(100)86-58-60(95)33-9-14-46(40(76)18-33)109-48-20-35-21-49(64(48)113-74-65(63(98)62(97)50(28-89)111-74)112-53-25-75(4,66(99)30(3)108-53)88-52(94)27-81-26-31-6-11-36(78)12-7-31)110-47-15-10-34(19-41(47)77)61(96)59-72(105)85-57(73(106)107)39-22-37(90)23-45(92)54(39)38-17-32(8-13-44(38)91)55(69(102)87-59)84-70(103)56(35)83-68(101)43(24-51(79)93)82-71(58)104/h6-15,17-23,29-30,42-43,50,53,55-63,65-66,74,80-81,89-92,95-99H,16,24-28H2,1-5H3,(H2,79,93)(H,82,104)(H,83,101)(H,84,103)(H,85,105)(H,86,100)(H,87,102)(H,88,94)(H,106,107)/t30-,42+,43-,50+,53-,55+,56+,57-,58+,59-,60+,61+,62+,63-,65+,66+,74-,75-/m0/s1. The normalized spacial score (nSPS) is 27.5. The van der Waals surface area contributed by atoms with E-state index in [-0.39, 0.29) is 47.9 Å². The van der Waals surface area contributed by atoms with Crippen LogP contribution in [-0.2, 0) is 63.9 Å². The van der Waals surface area contributed by atoms with E-state index in [1.54, 1.807) is 0 Å². The zero-order valence-corrected chi connectivity index (χ0v) is 62.3. The Morgan fingerprint density at radius 1 is 0.708 bits per heavy atom. The van der Waals surface area contributed by atoms with Crippen molar-refractivity contribution in [3.8, 4) is 57.1 Å². The maximum absolute atomic E-state index is 16.2. The van der Waals surface area contributed by atoms with Crippen LogP contribution >= 0.6 is 23.2 Å². The average Bonchev–Trinajstić information content (AvgIpc) is 0.770. The number of likely N-dealkylation sites (N-methyl/N-ethyl adjacent to an activating group) is 1. The number of ether oxygens (including phenoxy) is 6. The number of hydrogen-bond donors (Lipinski definition) is 20. The van der Waals surface area contributed by atoms with E-state index in [0.717, 1.165) is 66.7 Å². The second-order valence-corrected chi connectivity index (χ2v) is 29.2. The van der Waals surface area contributed by atoms with Crippen LogP contribution in [0.25, 0.3) is 11.1 Å². The second kappa shape index (κ2) is 34.8. The van der Waals surface area contributed by atoms with Gasteiger partial charge in [0.05, 0.1) is 47.3 Å². The lowest BCUT2D eigenvalue weighted by atomic mass is 9.85. The van der Waals surface area contributed by atoms with Gasteiger partial charge < -0.3 is 133 Å². The summed E-state index contributed by atoms with van der Waals surface area (Å²) in [5, 5.41) is 138. The Bertz CT molecular complexity index is 4660. The Hall–Kier alpha value is -10.6. The number of amides is 8. The van der Waals surface area contributed by atoms with Crippen LogP contribution in [0, 0.1) is 11.7 Å². The van der Waals surface area contributed by atoms with Crippen LogP contribution < -0.4 is 67.8 Å². The number of hydrogen-bond acceptors (Lipinski definition) is 26. The number of nitrogens with one attached hydrogen (secondary N) is 9. The molecule has 0 saturated carbocycles. The van der Waals surface area contributed by atoms with Crippen LogP contribution in [0.5, 0.6) is 46.0 Å². The van der Waals surface area contributed by atoms with Gasteiger partial charge in [-0.3, -0.25) is 38.4 Å². The van der Waals surface area contributed by atoms with Gasteiger partial charge in [0.15, 0.2) is 29.9 Å². The zero-order valence-electron chi connectivity index (χ0n) is 60.8. The smallest absolute Gasteiger partial charge is 0.330 e. The summed E-state index contributed by atoms with van der Waals surface area (Å²) >= 11 is 14.2. The third-order valence-electron chi connectivity index (χ3n) is 19.7. The number of aliphatic hydroxyl groups excluding tert-OH is 6. The van der Waals surface area contributed by atoms with Crippen LogP contribution in [0.4, 0.5) is 4.39 Å². The fraction of sp³-hybridized carbons (Fsp3) is 0.400. The number of halogens is 3. The fourth-order valence-electron chi connectivity index (χ4n) is 13.9. The fourth-order valence-corrected chi connectivity index (χ4v) is 14.3. The van der Waals surface area contributed by atoms with Crippen molar-refractivity contribution in [3.63, 3.8) is 0 Å². The van der Waals surface area contributed by atoms with E-state index in [2.05, 4.69) is 47.9 Å². The van der Waals surface area contributed by atoms with Gasteiger partial charge in [-0.25, -0.2) is 9.18 Å². The van der Waals surface area contributed by atoms with Gasteiger partial charge in [0.1, 0.15) is 101 Å². The molecule has 7 aliphatic rings. The topological polar surface area (TPSA) is 546 Å². The van der Waals surface area contributed by atoms with E-state index in [0.29, 0.717) is 5.56 Å². The molecule has 21 N–H and O–H groups in total. The Labute approximate surface area is 652 Å². The van der Waals surface area contributed by atoms with Crippen LogP contribution in [0.1, 0.15) is 111 Å². The van der Waals surface area contributed by atoms with Gasteiger partial charge in [0.2, 0.25) is 59.3 Å². The van der Waals surface area contributed by atoms with Crippen molar-refractivity contribution in [3.05, 3.63) is 152 Å². The highest BCUT2D eigenvalue weighted by molar-refractivity contribution is 6.32. The van der Waals surface area contributed by atoms with Gasteiger partial charge in [-0.1, -0.05) is 67.4 Å². The number of carbonyl (C=O) groups is 9. The van der Waals surface area contributed by atoms with Crippen molar-refractivity contribution in [1.82, 2.24) is 47.9 Å². The van der Waals surface area contributed by atoms with Crippen LogP contribution in [0.3, 0.4) is 0 Å². The maximum Gasteiger partial charge on any atom is 0.330 e. The molecule has 18 atom stereocenters. The van der Waals surface area contributed by atoms with Crippen LogP contribution in [-0.4, -0.2) is 203 Å². The van der Waals surface area contributed by atoms with E-state index < -0.39 is 260 Å². The lowest BCUT2D eigenvalue weighted by molar-refractivity contribution is -0.334. The molecule has 0 aliphatic carbocycles. The summed E-state index contributed by atoms with van der Waals surface area (Å²) in [4.78, 5) is 131. The zero-order chi connectivity index (χ0) is 81.9. The van der Waals surface area contributed by atoms with Gasteiger partial charge in [0, 0.05) is 35.7 Å². The van der Waals surface area contributed by atoms with E-state index in [1.807, 2.05) is 13.8 Å². The van der Waals surface area contributed by atoms with Crippen molar-refractivity contribution >= 4 is 76.4 Å². The largest absolute Gasteiger partial charge is 0.508 e. The van der Waals surface area contributed by atoms with Gasteiger partial charge >= 0.3 is 5.97 Å². The molecule has 0 spiro atoms.